The fourth-order valence-electron chi connectivity index (χ4n) is 5.79. The van der Waals surface area contributed by atoms with E-state index in [-0.39, 0.29) is 28.8 Å². The molecule has 2 atom stereocenters. The molecule has 0 spiro atoms. The first-order valence-corrected chi connectivity index (χ1v) is 10.1. The van der Waals surface area contributed by atoms with Gasteiger partial charge in [0.1, 0.15) is 5.75 Å². The van der Waals surface area contributed by atoms with E-state index in [9.17, 15) is 9.90 Å². The van der Waals surface area contributed by atoms with Gasteiger partial charge >= 0.3 is 0 Å². The fraction of sp³-hybridized carbons (Fsp3) is 0.682. The van der Waals surface area contributed by atoms with Crippen LogP contribution in [0.3, 0.4) is 0 Å². The lowest BCUT2D eigenvalue weighted by Crippen LogP contribution is -2.65. The van der Waals surface area contributed by atoms with E-state index in [2.05, 4.69) is 31.7 Å². The third kappa shape index (κ3) is 2.41. The highest BCUT2D eigenvalue weighted by Crippen LogP contribution is 2.57. The van der Waals surface area contributed by atoms with Gasteiger partial charge in [-0.1, -0.05) is 32.9 Å². The summed E-state index contributed by atoms with van der Waals surface area (Å²) < 4.78 is 0. The zero-order valence-electron chi connectivity index (χ0n) is 16.3. The molecule has 2 fully saturated rings. The number of phenolic OH excluding ortho intramolecular Hbond substituents is 1. The summed E-state index contributed by atoms with van der Waals surface area (Å²) in [7, 11) is 0. The Morgan fingerprint density at radius 3 is 2.58 bits per heavy atom. The molecule has 2 aliphatic carbocycles. The summed E-state index contributed by atoms with van der Waals surface area (Å²) in [6.07, 6.45) is 5.46. The van der Waals surface area contributed by atoms with Crippen LogP contribution in [0.5, 0.6) is 5.75 Å². The molecular formula is C22H32N2O2. The van der Waals surface area contributed by atoms with Crippen molar-refractivity contribution in [1.29, 1.82) is 0 Å². The highest BCUT2D eigenvalue weighted by atomic mass is 16.3. The van der Waals surface area contributed by atoms with Gasteiger partial charge in [-0.3, -0.25) is 4.79 Å². The normalized spacial score (nSPS) is 35.7. The van der Waals surface area contributed by atoms with Gasteiger partial charge in [-0.15, -0.1) is 0 Å². The fourth-order valence-corrected chi connectivity index (χ4v) is 5.79. The zero-order chi connectivity index (χ0) is 18.7. The van der Waals surface area contributed by atoms with Crippen molar-refractivity contribution in [2.24, 2.45) is 17.1 Å². The summed E-state index contributed by atoms with van der Waals surface area (Å²) in [5, 5.41) is 10.5. The summed E-state index contributed by atoms with van der Waals surface area (Å²) in [4.78, 5) is 15.5. The highest BCUT2D eigenvalue weighted by molar-refractivity contribution is 5.80. The van der Waals surface area contributed by atoms with Crippen molar-refractivity contribution in [3.63, 3.8) is 0 Å². The van der Waals surface area contributed by atoms with Crippen LogP contribution >= 0.6 is 0 Å². The largest absolute Gasteiger partial charge is 0.508 e. The van der Waals surface area contributed by atoms with E-state index >= 15 is 0 Å². The maximum atomic E-state index is 13.4. The molecule has 2 bridgehead atoms. The van der Waals surface area contributed by atoms with E-state index in [4.69, 9.17) is 5.73 Å². The molecule has 3 N–H and O–H groups in total. The molecule has 0 unspecified atom stereocenters. The SMILES string of the molecule is CC1(C)[C@H]2Cc3c(O)cccc3[C@]1(C)CCN2C(=O)[C@H]1CC[C@@H](N)CC1. The minimum absolute atomic E-state index is 0.0182. The van der Waals surface area contributed by atoms with Gasteiger partial charge < -0.3 is 15.7 Å². The van der Waals surface area contributed by atoms with E-state index in [1.807, 2.05) is 6.07 Å². The topological polar surface area (TPSA) is 66.6 Å². The van der Waals surface area contributed by atoms with Crippen LogP contribution in [0.25, 0.3) is 0 Å². The van der Waals surface area contributed by atoms with E-state index in [0.29, 0.717) is 11.7 Å². The molecule has 1 heterocycles. The minimum Gasteiger partial charge on any atom is -0.508 e. The average molecular weight is 357 g/mol. The number of hydrogen-bond donors (Lipinski definition) is 2. The molecule has 26 heavy (non-hydrogen) atoms. The first-order chi connectivity index (χ1) is 12.3. The third-order valence-corrected chi connectivity index (χ3v) is 8.03. The van der Waals surface area contributed by atoms with Gasteiger partial charge in [-0.25, -0.2) is 0 Å². The van der Waals surface area contributed by atoms with Crippen LogP contribution in [0.15, 0.2) is 18.2 Å². The summed E-state index contributed by atoms with van der Waals surface area (Å²) in [6, 6.07) is 6.32. The molecule has 1 saturated carbocycles. The number of benzene rings is 1. The molecule has 4 heteroatoms. The number of carbonyl (C=O) groups excluding carboxylic acids is 1. The predicted octanol–water partition coefficient (Wildman–Crippen LogP) is 3.35. The number of hydrogen-bond acceptors (Lipinski definition) is 3. The van der Waals surface area contributed by atoms with Crippen LogP contribution < -0.4 is 5.73 Å². The standard InChI is InChI=1S/C22H32N2O2/c1-21(2)19-13-16-17(5-4-6-18(16)25)22(21,3)11-12-24(19)20(26)14-7-9-15(23)10-8-14/h4-6,14-15,19,25H,7-13,23H2,1-3H3/t14-,15+,19-,22+/m1/s1. The first kappa shape index (κ1) is 17.8. The molecule has 1 aromatic rings. The van der Waals surface area contributed by atoms with Gasteiger partial charge in [0.2, 0.25) is 5.91 Å². The number of nitrogens with zero attached hydrogens (tertiary/aromatic N) is 1. The Morgan fingerprint density at radius 2 is 1.88 bits per heavy atom. The smallest absolute Gasteiger partial charge is 0.225 e. The molecule has 4 nitrogen and oxygen atoms in total. The lowest BCUT2D eigenvalue weighted by molar-refractivity contribution is -0.149. The van der Waals surface area contributed by atoms with E-state index < -0.39 is 0 Å². The predicted molar refractivity (Wildman–Crippen MR) is 103 cm³/mol. The number of fused-ring (bicyclic) bond motifs is 4. The Morgan fingerprint density at radius 1 is 1.19 bits per heavy atom. The Hall–Kier alpha value is -1.55. The first-order valence-electron chi connectivity index (χ1n) is 10.1. The molecule has 4 rings (SSSR count). The second kappa shape index (κ2) is 5.98. The number of piperidine rings is 1. The monoisotopic (exact) mass is 356 g/mol. The Labute approximate surface area is 156 Å². The summed E-state index contributed by atoms with van der Waals surface area (Å²) in [5.41, 5.74) is 8.31. The maximum Gasteiger partial charge on any atom is 0.225 e. The number of amides is 1. The summed E-state index contributed by atoms with van der Waals surface area (Å²) in [6.45, 7) is 7.75. The second-order valence-corrected chi connectivity index (χ2v) is 9.47. The lowest BCUT2D eigenvalue weighted by Gasteiger charge is -2.61. The van der Waals surface area contributed by atoms with Gasteiger partial charge in [0.05, 0.1) is 0 Å². The van der Waals surface area contributed by atoms with E-state index in [0.717, 1.165) is 50.6 Å². The van der Waals surface area contributed by atoms with Crippen LogP contribution in [-0.4, -0.2) is 34.5 Å². The van der Waals surface area contributed by atoms with Crippen LogP contribution in [0.4, 0.5) is 0 Å². The molecule has 1 aromatic carbocycles. The van der Waals surface area contributed by atoms with Gasteiger partial charge in [0, 0.05) is 30.0 Å². The van der Waals surface area contributed by atoms with Crippen molar-refractivity contribution in [3.8, 4) is 5.75 Å². The maximum absolute atomic E-state index is 13.4. The van der Waals surface area contributed by atoms with Gasteiger partial charge in [-0.05, 0) is 61.1 Å². The number of carbonyl (C=O) groups is 1. The van der Waals surface area contributed by atoms with Gasteiger partial charge in [0.15, 0.2) is 0 Å². The van der Waals surface area contributed by atoms with Crippen molar-refractivity contribution in [2.45, 2.75) is 76.8 Å². The Balaban J connectivity index is 1.68. The van der Waals surface area contributed by atoms with Crippen LogP contribution in [-0.2, 0) is 16.6 Å². The van der Waals surface area contributed by atoms with Crippen molar-refractivity contribution in [3.05, 3.63) is 29.3 Å². The Bertz CT molecular complexity index is 721. The quantitative estimate of drug-likeness (QED) is 0.811. The second-order valence-electron chi connectivity index (χ2n) is 9.47. The molecule has 3 aliphatic rings. The molecule has 1 aliphatic heterocycles. The average Bonchev–Trinajstić information content (AvgIpc) is 2.59. The number of likely N-dealkylation sites (tertiary alicyclic amines) is 1. The molecule has 1 amide bonds. The zero-order valence-corrected chi connectivity index (χ0v) is 16.3. The summed E-state index contributed by atoms with van der Waals surface area (Å²) >= 11 is 0. The van der Waals surface area contributed by atoms with E-state index in [1.165, 1.54) is 5.56 Å². The van der Waals surface area contributed by atoms with Crippen LogP contribution in [0, 0.1) is 11.3 Å². The molecule has 1 saturated heterocycles. The minimum atomic E-state index is -0.0211. The van der Waals surface area contributed by atoms with Gasteiger partial charge in [-0.2, -0.15) is 0 Å². The van der Waals surface area contributed by atoms with E-state index in [1.54, 1.807) is 6.07 Å². The van der Waals surface area contributed by atoms with Crippen molar-refractivity contribution in [2.75, 3.05) is 6.54 Å². The van der Waals surface area contributed by atoms with Crippen molar-refractivity contribution in [1.82, 2.24) is 4.90 Å². The number of rotatable bonds is 1. The molecule has 0 aromatic heterocycles. The molecular weight excluding hydrogens is 324 g/mol. The third-order valence-electron chi connectivity index (χ3n) is 8.03. The number of nitrogens with two attached hydrogens (primary N) is 1. The lowest BCUT2D eigenvalue weighted by atomic mass is 9.51. The van der Waals surface area contributed by atoms with Crippen LogP contribution in [0.2, 0.25) is 0 Å². The summed E-state index contributed by atoms with van der Waals surface area (Å²) in [5.74, 6) is 0.823. The molecule has 0 radical (unpaired) electrons. The van der Waals surface area contributed by atoms with Crippen LogP contribution in [0.1, 0.15) is 64.0 Å². The van der Waals surface area contributed by atoms with Gasteiger partial charge in [0.25, 0.3) is 0 Å². The highest BCUT2D eigenvalue weighted by Gasteiger charge is 2.57. The Kier molecular flexibility index (Phi) is 4.11. The number of phenols is 1. The van der Waals surface area contributed by atoms with Crippen molar-refractivity contribution < 1.29 is 9.90 Å². The molecule has 142 valence electrons. The van der Waals surface area contributed by atoms with Crippen molar-refractivity contribution >= 4 is 5.91 Å². The number of aromatic hydroxyl groups is 1.